The van der Waals surface area contributed by atoms with Gasteiger partial charge in [-0.1, -0.05) is 0 Å². The molecule has 1 unspecified atom stereocenters. The van der Waals surface area contributed by atoms with Crippen molar-refractivity contribution in [3.8, 4) is 0 Å². The molecule has 3 N–H and O–H groups in total. The third-order valence-corrected chi connectivity index (χ3v) is 2.84. The molecule has 0 fully saturated rings. The lowest BCUT2D eigenvalue weighted by Gasteiger charge is -2.22. The Balaban J connectivity index is 2.62. The fourth-order valence-corrected chi connectivity index (χ4v) is 2.00. The van der Waals surface area contributed by atoms with E-state index in [1.54, 1.807) is 11.8 Å². The number of aliphatic imine (C=N–C) groups is 1. The van der Waals surface area contributed by atoms with Gasteiger partial charge in [-0.25, -0.2) is 0 Å². The van der Waals surface area contributed by atoms with Gasteiger partial charge in [0.05, 0.1) is 30.3 Å². The number of nitrogens with zero attached hydrogens (tertiary/aromatic N) is 1. The van der Waals surface area contributed by atoms with Crippen molar-refractivity contribution in [3.63, 3.8) is 0 Å². The van der Waals surface area contributed by atoms with E-state index in [9.17, 15) is 0 Å². The molecule has 0 aliphatic carbocycles. The molecule has 0 radical (unpaired) electrons. The third kappa shape index (κ3) is 3.85. The number of nitrogens with one attached hydrogen (secondary N) is 1. The Morgan fingerprint density at radius 3 is 2.80 bits per heavy atom. The monoisotopic (exact) mass is 230 g/mol. The summed E-state index contributed by atoms with van der Waals surface area (Å²) in [5.74, 6) is 0. The van der Waals surface area contributed by atoms with Crippen molar-refractivity contribution in [1.29, 1.82) is 0 Å². The molecule has 0 saturated heterocycles. The summed E-state index contributed by atoms with van der Waals surface area (Å²) in [4.78, 5) is 4.45. The quantitative estimate of drug-likeness (QED) is 0.653. The van der Waals surface area contributed by atoms with Crippen LogP contribution in [0, 0.1) is 0 Å². The summed E-state index contributed by atoms with van der Waals surface area (Å²) < 4.78 is 0. The average molecular weight is 230 g/mol. The van der Waals surface area contributed by atoms with Crippen molar-refractivity contribution in [2.24, 2.45) is 4.99 Å². The smallest absolute Gasteiger partial charge is 0.0922 e. The summed E-state index contributed by atoms with van der Waals surface area (Å²) in [5, 5.41) is 22.0. The summed E-state index contributed by atoms with van der Waals surface area (Å²) in [6, 6.07) is -0.0114. The predicted octanol–water partition coefficient (Wildman–Crippen LogP) is 0.367. The van der Waals surface area contributed by atoms with Crippen LogP contribution >= 0.6 is 11.8 Å². The number of thioether (sulfide) groups is 1. The number of hydrogen-bond acceptors (Lipinski definition) is 5. The fraction of sp³-hybridized carbons (Fsp3) is 0.700. The molecule has 1 heterocycles. The van der Waals surface area contributed by atoms with E-state index in [1.165, 1.54) is 0 Å². The molecular formula is C10H18N2O2S. The van der Waals surface area contributed by atoms with Crippen LogP contribution in [0.15, 0.2) is 16.8 Å². The first-order valence-corrected chi connectivity index (χ1v) is 6.22. The molecule has 0 aromatic carbocycles. The van der Waals surface area contributed by atoms with Gasteiger partial charge in [0.25, 0.3) is 0 Å². The van der Waals surface area contributed by atoms with E-state index in [4.69, 9.17) is 10.2 Å². The van der Waals surface area contributed by atoms with Crippen molar-refractivity contribution in [2.45, 2.75) is 25.4 Å². The number of rotatable bonds is 4. The summed E-state index contributed by atoms with van der Waals surface area (Å²) in [6.07, 6.45) is 4.80. The van der Waals surface area contributed by atoms with E-state index < -0.39 is 0 Å². The van der Waals surface area contributed by atoms with E-state index in [0.717, 1.165) is 17.2 Å². The molecule has 86 valence electrons. The van der Waals surface area contributed by atoms with Crippen LogP contribution in [-0.4, -0.2) is 46.8 Å². The molecule has 0 spiro atoms. The summed E-state index contributed by atoms with van der Waals surface area (Å²) >= 11 is 1.60. The molecule has 0 aromatic heterocycles. The average Bonchev–Trinajstić information content (AvgIpc) is 2.25. The first-order valence-electron chi connectivity index (χ1n) is 5.00. The van der Waals surface area contributed by atoms with Gasteiger partial charge < -0.3 is 15.5 Å². The Hall–Kier alpha value is -0.520. The van der Waals surface area contributed by atoms with Gasteiger partial charge in [0, 0.05) is 12.1 Å². The lowest BCUT2D eigenvalue weighted by atomic mass is 10.1. The van der Waals surface area contributed by atoms with Crippen LogP contribution in [0.1, 0.15) is 13.3 Å². The summed E-state index contributed by atoms with van der Waals surface area (Å²) in [5.41, 5.74) is 1.04. The molecule has 0 saturated carbocycles. The Morgan fingerprint density at radius 1 is 1.60 bits per heavy atom. The maximum absolute atomic E-state index is 8.96. The van der Waals surface area contributed by atoms with Gasteiger partial charge in [-0.2, -0.15) is 0 Å². The maximum Gasteiger partial charge on any atom is 0.0922 e. The molecule has 1 rings (SSSR count). The van der Waals surface area contributed by atoms with Crippen LogP contribution < -0.4 is 5.32 Å². The normalized spacial score (nSPS) is 21.3. The fourth-order valence-electron chi connectivity index (χ4n) is 1.45. The Bertz CT molecular complexity index is 262. The highest BCUT2D eigenvalue weighted by atomic mass is 32.2. The van der Waals surface area contributed by atoms with E-state index in [-0.39, 0.29) is 25.3 Å². The van der Waals surface area contributed by atoms with Gasteiger partial charge in [-0.05, 0) is 19.3 Å². The molecule has 4 nitrogen and oxygen atoms in total. The second-order valence-electron chi connectivity index (χ2n) is 3.60. The minimum atomic E-state index is -0.273. The van der Waals surface area contributed by atoms with Crippen LogP contribution in [0.5, 0.6) is 0 Å². The van der Waals surface area contributed by atoms with Crippen LogP contribution in [0.3, 0.4) is 0 Å². The molecule has 1 aliphatic heterocycles. The summed E-state index contributed by atoms with van der Waals surface area (Å²) in [6.45, 7) is 1.93. The lowest BCUT2D eigenvalue weighted by molar-refractivity contribution is 0.177. The largest absolute Gasteiger partial charge is 0.394 e. The van der Waals surface area contributed by atoms with E-state index in [0.29, 0.717) is 0 Å². The predicted molar refractivity (Wildman–Crippen MR) is 64.2 cm³/mol. The number of dihydropyridines is 1. The van der Waals surface area contributed by atoms with Crippen LogP contribution in [0.25, 0.3) is 0 Å². The molecule has 1 atom stereocenters. The Labute approximate surface area is 94.5 Å². The molecule has 0 aromatic rings. The second kappa shape index (κ2) is 6.15. The van der Waals surface area contributed by atoms with Crippen molar-refractivity contribution >= 4 is 16.8 Å². The second-order valence-corrected chi connectivity index (χ2v) is 4.43. The van der Waals surface area contributed by atoms with Crippen molar-refractivity contribution < 1.29 is 10.2 Å². The SMILES string of the molecule is CSC1=NC(C)CC(NC(CO)CO)=C1. The van der Waals surface area contributed by atoms with Crippen molar-refractivity contribution in [3.05, 3.63) is 11.8 Å². The standard InChI is InChI=1S/C10H18N2O2S/c1-7-3-8(4-10(11-7)15-2)12-9(5-13)6-14/h4,7,9,12-14H,3,5-6H2,1-2H3. The topological polar surface area (TPSA) is 64.9 Å². The Kier molecular flexibility index (Phi) is 5.14. The van der Waals surface area contributed by atoms with E-state index in [2.05, 4.69) is 17.2 Å². The van der Waals surface area contributed by atoms with Crippen molar-refractivity contribution in [1.82, 2.24) is 5.32 Å². The molecule has 1 aliphatic rings. The van der Waals surface area contributed by atoms with E-state index in [1.807, 2.05) is 12.3 Å². The van der Waals surface area contributed by atoms with Gasteiger partial charge >= 0.3 is 0 Å². The first kappa shape index (κ1) is 12.5. The van der Waals surface area contributed by atoms with Gasteiger partial charge in [0.1, 0.15) is 0 Å². The van der Waals surface area contributed by atoms with Crippen LogP contribution in [0.4, 0.5) is 0 Å². The van der Waals surface area contributed by atoms with Crippen molar-refractivity contribution in [2.75, 3.05) is 19.5 Å². The highest BCUT2D eigenvalue weighted by Crippen LogP contribution is 2.17. The number of aliphatic hydroxyl groups is 2. The lowest BCUT2D eigenvalue weighted by Crippen LogP contribution is -2.36. The highest BCUT2D eigenvalue weighted by Gasteiger charge is 2.15. The zero-order chi connectivity index (χ0) is 11.3. The van der Waals surface area contributed by atoms with Gasteiger partial charge in [0.15, 0.2) is 0 Å². The van der Waals surface area contributed by atoms with Gasteiger partial charge in [0.2, 0.25) is 0 Å². The van der Waals surface area contributed by atoms with Crippen LogP contribution in [-0.2, 0) is 0 Å². The maximum atomic E-state index is 8.96. The molecule has 0 bridgehead atoms. The zero-order valence-corrected chi connectivity index (χ0v) is 9.92. The first-order chi connectivity index (χ1) is 7.19. The molecule has 0 amide bonds. The number of hydrogen-bond donors (Lipinski definition) is 3. The van der Waals surface area contributed by atoms with E-state index >= 15 is 0 Å². The minimum absolute atomic E-state index is 0.0615. The molecular weight excluding hydrogens is 212 g/mol. The summed E-state index contributed by atoms with van der Waals surface area (Å²) in [7, 11) is 0. The highest BCUT2D eigenvalue weighted by molar-refractivity contribution is 8.13. The minimum Gasteiger partial charge on any atom is -0.394 e. The molecule has 15 heavy (non-hydrogen) atoms. The van der Waals surface area contributed by atoms with Gasteiger partial charge in [-0.15, -0.1) is 11.8 Å². The zero-order valence-electron chi connectivity index (χ0n) is 9.10. The number of aliphatic hydroxyl groups excluding tert-OH is 2. The van der Waals surface area contributed by atoms with Gasteiger partial charge in [-0.3, -0.25) is 4.99 Å². The molecule has 5 heteroatoms. The third-order valence-electron chi connectivity index (χ3n) is 2.20. The van der Waals surface area contributed by atoms with Crippen LogP contribution in [0.2, 0.25) is 0 Å². The Morgan fingerprint density at radius 2 is 2.27 bits per heavy atom.